The lowest BCUT2D eigenvalue weighted by Crippen LogP contribution is -2.39. The van der Waals surface area contributed by atoms with Crippen LogP contribution in [0.1, 0.15) is 32.6 Å². The Morgan fingerprint density at radius 3 is 2.88 bits per heavy atom. The van der Waals surface area contributed by atoms with E-state index in [0.717, 1.165) is 34.1 Å². The predicted octanol–water partition coefficient (Wildman–Crippen LogP) is 3.79. The van der Waals surface area contributed by atoms with Crippen LogP contribution in [0.2, 0.25) is 0 Å². The molecule has 0 atom stereocenters. The molecular weight excluding hydrogens is 416 g/mol. The van der Waals surface area contributed by atoms with Crippen molar-refractivity contribution in [3.05, 3.63) is 88.7 Å². The molecule has 4 aromatic rings. The van der Waals surface area contributed by atoms with Gasteiger partial charge in [-0.25, -0.2) is 9.78 Å². The van der Waals surface area contributed by atoms with Crippen LogP contribution in [0.25, 0.3) is 11.0 Å². The minimum atomic E-state index is -0.203. The molecule has 2 aromatic heterocycles. The van der Waals surface area contributed by atoms with E-state index < -0.39 is 0 Å². The summed E-state index contributed by atoms with van der Waals surface area (Å²) in [5.41, 5.74) is 6.26. The Bertz CT molecular complexity index is 1350. The van der Waals surface area contributed by atoms with Crippen LogP contribution >= 0.6 is 0 Å². The van der Waals surface area contributed by atoms with E-state index in [1.54, 1.807) is 41.6 Å². The molecule has 3 amide bonds. The summed E-state index contributed by atoms with van der Waals surface area (Å²) >= 11 is 0. The fourth-order valence-electron chi connectivity index (χ4n) is 4.15. The third kappa shape index (κ3) is 4.27. The van der Waals surface area contributed by atoms with Gasteiger partial charge in [0.1, 0.15) is 0 Å². The maximum absolute atomic E-state index is 12.9. The quantitative estimate of drug-likeness (QED) is 0.449. The van der Waals surface area contributed by atoms with Gasteiger partial charge in [0.05, 0.1) is 6.20 Å². The summed E-state index contributed by atoms with van der Waals surface area (Å²) < 4.78 is 0. The first kappa shape index (κ1) is 20.7. The average Bonchev–Trinajstić information content (AvgIpc) is 3.32. The zero-order valence-corrected chi connectivity index (χ0v) is 18.3. The zero-order valence-electron chi connectivity index (χ0n) is 18.3. The van der Waals surface area contributed by atoms with E-state index in [0.29, 0.717) is 30.9 Å². The summed E-state index contributed by atoms with van der Waals surface area (Å²) in [6, 6.07) is 14.7. The van der Waals surface area contributed by atoms with Gasteiger partial charge < -0.3 is 15.5 Å². The second-order valence-corrected chi connectivity index (χ2v) is 8.19. The van der Waals surface area contributed by atoms with Gasteiger partial charge in [-0.05, 0) is 53.8 Å². The molecule has 0 unspecified atom stereocenters. The molecule has 0 radical (unpaired) electrons. The molecule has 0 aliphatic carbocycles. The van der Waals surface area contributed by atoms with Gasteiger partial charge in [0.15, 0.2) is 5.65 Å². The zero-order chi connectivity index (χ0) is 22.8. The molecular formula is C25H24N6O2. The van der Waals surface area contributed by atoms with Crippen molar-refractivity contribution >= 4 is 28.7 Å². The third-order valence-corrected chi connectivity index (χ3v) is 6.04. The van der Waals surface area contributed by atoms with Gasteiger partial charge in [0.25, 0.3) is 5.91 Å². The van der Waals surface area contributed by atoms with Gasteiger partial charge in [-0.2, -0.15) is 5.10 Å². The Hall–Kier alpha value is -4.20. The smallest absolute Gasteiger partial charge is 0.322 e. The van der Waals surface area contributed by atoms with Gasteiger partial charge >= 0.3 is 6.03 Å². The Labute approximate surface area is 191 Å². The second-order valence-electron chi connectivity index (χ2n) is 8.19. The number of carbonyl (C=O) groups excluding carboxylic acids is 2. The van der Waals surface area contributed by atoms with Gasteiger partial charge in [-0.15, -0.1) is 0 Å². The number of fused-ring (bicyclic) bond motifs is 3. The molecule has 3 N–H and O–H groups in total. The SMILES string of the molecule is Cc1ccccc1CNC(=O)c1cccc(NC(=O)N2CCc3c(cnc4[nH]ncc34)C2)c1. The van der Waals surface area contributed by atoms with Crippen LogP contribution in [0.15, 0.2) is 60.9 Å². The number of aromatic amines is 1. The van der Waals surface area contributed by atoms with E-state index in [-0.39, 0.29) is 11.9 Å². The second kappa shape index (κ2) is 8.74. The number of rotatable bonds is 4. The number of anilines is 1. The summed E-state index contributed by atoms with van der Waals surface area (Å²) in [4.78, 5) is 31.7. The molecule has 0 bridgehead atoms. The number of benzene rings is 2. The van der Waals surface area contributed by atoms with Gasteiger partial charge in [0.2, 0.25) is 0 Å². The minimum absolute atomic E-state index is 0.184. The highest BCUT2D eigenvalue weighted by atomic mass is 16.2. The predicted molar refractivity (Wildman–Crippen MR) is 126 cm³/mol. The molecule has 0 fully saturated rings. The molecule has 166 valence electrons. The summed E-state index contributed by atoms with van der Waals surface area (Å²) in [5.74, 6) is -0.184. The molecule has 8 heteroatoms. The van der Waals surface area contributed by atoms with Crippen LogP contribution in [-0.2, 0) is 19.5 Å². The van der Waals surface area contributed by atoms with E-state index in [1.807, 2.05) is 31.2 Å². The van der Waals surface area contributed by atoms with Crippen molar-refractivity contribution in [3.63, 3.8) is 0 Å². The number of aromatic nitrogens is 3. The van der Waals surface area contributed by atoms with E-state index in [1.165, 1.54) is 5.56 Å². The number of nitrogens with one attached hydrogen (secondary N) is 3. The Morgan fingerprint density at radius 1 is 1.12 bits per heavy atom. The number of aryl methyl sites for hydroxylation is 1. The molecule has 1 aliphatic rings. The molecule has 0 saturated carbocycles. The van der Waals surface area contributed by atoms with Gasteiger partial charge in [0, 0.05) is 42.5 Å². The highest BCUT2D eigenvalue weighted by Gasteiger charge is 2.23. The number of nitrogens with zero attached hydrogens (tertiary/aromatic N) is 3. The van der Waals surface area contributed by atoms with E-state index in [4.69, 9.17) is 0 Å². The Kier molecular flexibility index (Phi) is 5.48. The number of hydrogen-bond donors (Lipinski definition) is 3. The first-order chi connectivity index (χ1) is 16.1. The minimum Gasteiger partial charge on any atom is -0.348 e. The van der Waals surface area contributed by atoms with Crippen LogP contribution in [0.5, 0.6) is 0 Å². The van der Waals surface area contributed by atoms with Crippen LogP contribution in [-0.4, -0.2) is 38.6 Å². The van der Waals surface area contributed by atoms with E-state index in [2.05, 4.69) is 25.8 Å². The fourth-order valence-corrected chi connectivity index (χ4v) is 4.15. The third-order valence-electron chi connectivity index (χ3n) is 6.04. The molecule has 3 heterocycles. The first-order valence-corrected chi connectivity index (χ1v) is 10.9. The fraction of sp³-hybridized carbons (Fsp3) is 0.200. The van der Waals surface area contributed by atoms with Crippen LogP contribution in [0, 0.1) is 6.92 Å². The number of carbonyl (C=O) groups is 2. The summed E-state index contributed by atoms with van der Waals surface area (Å²) in [6.45, 7) is 3.55. The normalized spacial score (nSPS) is 12.9. The highest BCUT2D eigenvalue weighted by Crippen LogP contribution is 2.25. The van der Waals surface area contributed by atoms with Crippen molar-refractivity contribution in [2.24, 2.45) is 0 Å². The number of hydrogen-bond acceptors (Lipinski definition) is 4. The Morgan fingerprint density at radius 2 is 2.00 bits per heavy atom. The lowest BCUT2D eigenvalue weighted by Gasteiger charge is -2.29. The number of amides is 3. The van der Waals surface area contributed by atoms with Crippen molar-refractivity contribution in [1.29, 1.82) is 0 Å². The maximum atomic E-state index is 12.9. The molecule has 8 nitrogen and oxygen atoms in total. The molecule has 0 saturated heterocycles. The Balaban J connectivity index is 1.23. The first-order valence-electron chi connectivity index (χ1n) is 10.9. The summed E-state index contributed by atoms with van der Waals surface area (Å²) in [5, 5.41) is 13.8. The number of H-pyrrole nitrogens is 1. The number of urea groups is 1. The molecule has 1 aliphatic heterocycles. The number of pyridine rings is 1. The van der Waals surface area contributed by atoms with Gasteiger partial charge in [-0.1, -0.05) is 30.3 Å². The molecule has 5 rings (SSSR count). The monoisotopic (exact) mass is 440 g/mol. The van der Waals surface area contributed by atoms with Crippen molar-refractivity contribution in [2.45, 2.75) is 26.4 Å². The largest absolute Gasteiger partial charge is 0.348 e. The van der Waals surface area contributed by atoms with E-state index in [9.17, 15) is 9.59 Å². The molecule has 33 heavy (non-hydrogen) atoms. The molecule has 0 spiro atoms. The lowest BCUT2D eigenvalue weighted by molar-refractivity contribution is 0.0951. The lowest BCUT2D eigenvalue weighted by atomic mass is 9.99. The van der Waals surface area contributed by atoms with Crippen molar-refractivity contribution in [1.82, 2.24) is 25.4 Å². The van der Waals surface area contributed by atoms with Crippen LogP contribution in [0.4, 0.5) is 10.5 Å². The average molecular weight is 441 g/mol. The highest BCUT2D eigenvalue weighted by molar-refractivity contribution is 5.97. The van der Waals surface area contributed by atoms with Crippen LogP contribution < -0.4 is 10.6 Å². The standard InChI is InChI=1S/C25H24N6O2/c1-16-5-2-3-6-18(16)12-27-24(32)17-7-4-8-20(11-17)29-25(33)31-10-9-21-19(15-31)13-26-23-22(21)14-28-30-23/h2-8,11,13-14H,9-10,12,15H2,1H3,(H,27,32)(H,29,33)(H,26,28,30). The summed E-state index contributed by atoms with van der Waals surface area (Å²) in [6.07, 6.45) is 4.32. The topological polar surface area (TPSA) is 103 Å². The van der Waals surface area contributed by atoms with E-state index >= 15 is 0 Å². The van der Waals surface area contributed by atoms with Crippen molar-refractivity contribution in [3.8, 4) is 0 Å². The van der Waals surface area contributed by atoms with Gasteiger partial charge in [-0.3, -0.25) is 9.89 Å². The molecule has 2 aromatic carbocycles. The summed E-state index contributed by atoms with van der Waals surface area (Å²) in [7, 11) is 0. The van der Waals surface area contributed by atoms with Crippen molar-refractivity contribution in [2.75, 3.05) is 11.9 Å². The maximum Gasteiger partial charge on any atom is 0.322 e. The van der Waals surface area contributed by atoms with Crippen LogP contribution in [0.3, 0.4) is 0 Å². The van der Waals surface area contributed by atoms with Crippen molar-refractivity contribution < 1.29 is 9.59 Å².